The number of fused-ring (bicyclic) bond motifs is 1. The SMILES string of the molecule is O=c1[nH]c(-c2ccc(C(F)(F)F)cc2)nc2c1nc(-c1ccc(Br)cc1)n2-c1ccccc1. The Hall–Kier alpha value is -3.72. The van der Waals surface area contributed by atoms with E-state index in [-0.39, 0.29) is 11.3 Å². The lowest BCUT2D eigenvalue weighted by atomic mass is 10.1. The molecule has 0 radical (unpaired) electrons. The lowest BCUT2D eigenvalue weighted by molar-refractivity contribution is -0.137. The van der Waals surface area contributed by atoms with Crippen molar-refractivity contribution in [2.45, 2.75) is 6.18 Å². The van der Waals surface area contributed by atoms with E-state index in [0.717, 1.165) is 27.9 Å². The van der Waals surface area contributed by atoms with Crippen molar-refractivity contribution >= 4 is 27.1 Å². The molecule has 0 spiro atoms. The van der Waals surface area contributed by atoms with Crippen LogP contribution in [0.5, 0.6) is 0 Å². The van der Waals surface area contributed by atoms with Crippen molar-refractivity contribution in [2.75, 3.05) is 0 Å². The molecule has 0 saturated heterocycles. The first-order valence-corrected chi connectivity index (χ1v) is 10.6. The third-order valence-electron chi connectivity index (χ3n) is 5.12. The molecule has 0 atom stereocenters. The molecule has 0 aliphatic carbocycles. The van der Waals surface area contributed by atoms with Gasteiger partial charge in [-0.05, 0) is 36.4 Å². The number of nitrogens with zero attached hydrogens (tertiary/aromatic N) is 3. The lowest BCUT2D eigenvalue weighted by Gasteiger charge is -2.10. The van der Waals surface area contributed by atoms with Crippen LogP contribution >= 0.6 is 15.9 Å². The van der Waals surface area contributed by atoms with Crippen LogP contribution in [0.1, 0.15) is 5.56 Å². The monoisotopic (exact) mass is 510 g/mol. The molecule has 2 heterocycles. The second-order valence-electron chi connectivity index (χ2n) is 7.28. The maximum atomic E-state index is 12.9. The number of halogens is 4. The first-order chi connectivity index (χ1) is 15.8. The van der Waals surface area contributed by atoms with Crippen molar-refractivity contribution < 1.29 is 13.2 Å². The summed E-state index contributed by atoms with van der Waals surface area (Å²) in [6.45, 7) is 0. The number of para-hydroxylation sites is 1. The van der Waals surface area contributed by atoms with Gasteiger partial charge in [0.05, 0.1) is 5.56 Å². The highest BCUT2D eigenvalue weighted by Gasteiger charge is 2.30. The third-order valence-corrected chi connectivity index (χ3v) is 5.65. The standard InChI is InChI=1S/C24H14BrF3N4O/c25-17-12-8-15(9-13-17)21-29-19-22(32(21)18-4-2-1-3-5-18)30-20(31-23(19)33)14-6-10-16(11-7-14)24(26,27)28/h1-13H,(H,30,31,33). The minimum Gasteiger partial charge on any atom is -0.305 e. The molecule has 33 heavy (non-hydrogen) atoms. The first-order valence-electron chi connectivity index (χ1n) is 9.83. The number of hydrogen-bond acceptors (Lipinski definition) is 3. The van der Waals surface area contributed by atoms with E-state index in [4.69, 9.17) is 0 Å². The van der Waals surface area contributed by atoms with Crippen LogP contribution in [0.4, 0.5) is 13.2 Å². The van der Waals surface area contributed by atoms with Gasteiger partial charge in [-0.3, -0.25) is 9.36 Å². The summed E-state index contributed by atoms with van der Waals surface area (Å²) in [5, 5.41) is 0. The molecule has 0 aliphatic rings. The molecule has 0 aliphatic heterocycles. The molecule has 3 aromatic carbocycles. The normalized spacial score (nSPS) is 11.8. The molecule has 0 fully saturated rings. The second kappa shape index (κ2) is 8.00. The number of alkyl halides is 3. The van der Waals surface area contributed by atoms with Crippen molar-refractivity contribution in [1.82, 2.24) is 19.5 Å². The zero-order valence-electron chi connectivity index (χ0n) is 16.8. The molecule has 5 rings (SSSR count). The molecule has 0 bridgehead atoms. The molecular formula is C24H14BrF3N4O. The molecule has 1 N–H and O–H groups in total. The summed E-state index contributed by atoms with van der Waals surface area (Å²) in [7, 11) is 0. The molecule has 5 nitrogen and oxygen atoms in total. The molecule has 9 heteroatoms. The summed E-state index contributed by atoms with van der Waals surface area (Å²) in [5.74, 6) is 0.673. The number of aromatic amines is 1. The Balaban J connectivity index is 1.75. The number of benzene rings is 3. The second-order valence-corrected chi connectivity index (χ2v) is 8.19. The zero-order valence-corrected chi connectivity index (χ0v) is 18.4. The molecule has 0 amide bonds. The van der Waals surface area contributed by atoms with E-state index in [1.54, 1.807) is 4.57 Å². The third kappa shape index (κ3) is 3.95. The number of hydrogen-bond donors (Lipinski definition) is 1. The summed E-state index contributed by atoms with van der Waals surface area (Å²) >= 11 is 3.42. The average Bonchev–Trinajstić information content (AvgIpc) is 3.20. The van der Waals surface area contributed by atoms with Crippen LogP contribution in [-0.4, -0.2) is 19.5 Å². The highest BCUT2D eigenvalue weighted by Crippen LogP contribution is 2.31. The fourth-order valence-corrected chi connectivity index (χ4v) is 3.80. The summed E-state index contributed by atoms with van der Waals surface area (Å²) < 4.78 is 41.5. The number of nitrogens with one attached hydrogen (secondary N) is 1. The minimum atomic E-state index is -4.45. The summed E-state index contributed by atoms with van der Waals surface area (Å²) in [4.78, 5) is 24.7. The zero-order chi connectivity index (χ0) is 23.2. The summed E-state index contributed by atoms with van der Waals surface area (Å²) in [6, 6.07) is 21.3. The van der Waals surface area contributed by atoms with Crippen LogP contribution in [0.15, 0.2) is 88.1 Å². The van der Waals surface area contributed by atoms with Crippen LogP contribution in [0.25, 0.3) is 39.6 Å². The molecule has 164 valence electrons. The van der Waals surface area contributed by atoms with Crippen molar-refractivity contribution in [2.24, 2.45) is 0 Å². The van der Waals surface area contributed by atoms with Crippen molar-refractivity contribution in [3.63, 3.8) is 0 Å². The first kappa shape index (κ1) is 21.1. The fraction of sp³-hybridized carbons (Fsp3) is 0.0417. The van der Waals surface area contributed by atoms with Crippen LogP contribution in [-0.2, 0) is 6.18 Å². The van der Waals surface area contributed by atoms with E-state index in [1.807, 2.05) is 54.6 Å². The molecule has 5 aromatic rings. The van der Waals surface area contributed by atoms with Crippen LogP contribution in [0, 0.1) is 0 Å². The van der Waals surface area contributed by atoms with Gasteiger partial charge in [0.15, 0.2) is 11.2 Å². The minimum absolute atomic E-state index is 0.132. The van der Waals surface area contributed by atoms with E-state index >= 15 is 0 Å². The van der Waals surface area contributed by atoms with E-state index in [0.29, 0.717) is 17.0 Å². The predicted molar refractivity (Wildman–Crippen MR) is 123 cm³/mol. The van der Waals surface area contributed by atoms with Gasteiger partial charge < -0.3 is 4.98 Å². The Morgan fingerprint density at radius 1 is 0.818 bits per heavy atom. The van der Waals surface area contributed by atoms with Crippen molar-refractivity contribution in [3.8, 4) is 28.5 Å². The number of imidazole rings is 1. The molecular weight excluding hydrogens is 497 g/mol. The predicted octanol–water partition coefficient (Wildman–Crippen LogP) is 6.22. The van der Waals surface area contributed by atoms with Gasteiger partial charge in [-0.15, -0.1) is 0 Å². The van der Waals surface area contributed by atoms with E-state index < -0.39 is 17.3 Å². The topological polar surface area (TPSA) is 63.6 Å². The van der Waals surface area contributed by atoms with E-state index in [1.165, 1.54) is 12.1 Å². The van der Waals surface area contributed by atoms with Gasteiger partial charge in [-0.1, -0.05) is 58.4 Å². The molecule has 2 aromatic heterocycles. The Bertz CT molecular complexity index is 1510. The Morgan fingerprint density at radius 3 is 2.09 bits per heavy atom. The maximum Gasteiger partial charge on any atom is 0.416 e. The Morgan fingerprint density at radius 2 is 1.45 bits per heavy atom. The number of rotatable bonds is 3. The number of H-pyrrole nitrogens is 1. The van der Waals surface area contributed by atoms with Gasteiger partial charge >= 0.3 is 6.18 Å². The van der Waals surface area contributed by atoms with Gasteiger partial charge in [0.2, 0.25) is 0 Å². The smallest absolute Gasteiger partial charge is 0.305 e. The van der Waals surface area contributed by atoms with Crippen LogP contribution < -0.4 is 5.56 Å². The fourth-order valence-electron chi connectivity index (χ4n) is 3.54. The Labute approximate surface area is 193 Å². The average molecular weight is 511 g/mol. The summed E-state index contributed by atoms with van der Waals surface area (Å²) in [6.07, 6.45) is -4.45. The van der Waals surface area contributed by atoms with Crippen molar-refractivity contribution in [3.05, 3.63) is 99.3 Å². The Kier molecular flexibility index (Phi) is 5.13. The van der Waals surface area contributed by atoms with Crippen LogP contribution in [0.2, 0.25) is 0 Å². The van der Waals surface area contributed by atoms with Gasteiger partial charge in [-0.2, -0.15) is 13.2 Å². The van der Waals surface area contributed by atoms with Gasteiger partial charge in [0.25, 0.3) is 5.56 Å². The summed E-state index contributed by atoms with van der Waals surface area (Å²) in [5.41, 5.74) is 1.05. The van der Waals surface area contributed by atoms with Gasteiger partial charge in [-0.25, -0.2) is 9.97 Å². The molecule has 0 saturated carbocycles. The maximum absolute atomic E-state index is 12.9. The molecule has 0 unspecified atom stereocenters. The van der Waals surface area contributed by atoms with Crippen molar-refractivity contribution in [1.29, 1.82) is 0 Å². The van der Waals surface area contributed by atoms with Gasteiger partial charge in [0.1, 0.15) is 11.6 Å². The number of aromatic nitrogens is 4. The van der Waals surface area contributed by atoms with Crippen LogP contribution in [0.3, 0.4) is 0 Å². The highest BCUT2D eigenvalue weighted by atomic mass is 79.9. The van der Waals surface area contributed by atoms with Gasteiger partial charge in [0, 0.05) is 21.3 Å². The largest absolute Gasteiger partial charge is 0.416 e. The van der Waals surface area contributed by atoms with E-state index in [9.17, 15) is 18.0 Å². The quantitative estimate of drug-likeness (QED) is 0.313. The van der Waals surface area contributed by atoms with E-state index in [2.05, 4.69) is 30.9 Å². The highest BCUT2D eigenvalue weighted by molar-refractivity contribution is 9.10. The lowest BCUT2D eigenvalue weighted by Crippen LogP contribution is -2.11.